The molecule has 0 aromatic heterocycles. The normalized spacial score (nSPS) is 43.2. The van der Waals surface area contributed by atoms with E-state index >= 15 is 0 Å². The maximum Gasteiger partial charge on any atom is 0.143 e. The van der Waals surface area contributed by atoms with E-state index in [9.17, 15) is 9.90 Å². The average molecular weight is 176 g/mol. The zero-order valence-corrected chi connectivity index (χ0v) is 6.42. The first kappa shape index (κ1) is 9.60. The minimum absolute atomic E-state index is 0.205. The third kappa shape index (κ3) is 1.49. The van der Waals surface area contributed by atoms with Gasteiger partial charge in [0.05, 0.1) is 24.7 Å². The first-order valence-corrected chi connectivity index (χ1v) is 3.75. The zero-order chi connectivity index (χ0) is 9.30. The van der Waals surface area contributed by atoms with Gasteiger partial charge in [0.2, 0.25) is 0 Å². The van der Waals surface area contributed by atoms with Gasteiger partial charge >= 0.3 is 0 Å². The van der Waals surface area contributed by atoms with E-state index in [0.717, 1.165) is 0 Å². The van der Waals surface area contributed by atoms with Gasteiger partial charge in [0.1, 0.15) is 11.9 Å². The number of aliphatic hydroxyl groups excluding tert-OH is 4. The van der Waals surface area contributed by atoms with E-state index in [4.69, 9.17) is 15.3 Å². The highest BCUT2D eigenvalue weighted by Crippen LogP contribution is 2.21. The van der Waals surface area contributed by atoms with Crippen LogP contribution in [0.25, 0.3) is 0 Å². The Morgan fingerprint density at radius 2 is 1.83 bits per heavy atom. The Labute approximate surface area is 69.3 Å². The number of hydrogen-bond donors (Lipinski definition) is 4. The minimum atomic E-state index is -1.36. The smallest absolute Gasteiger partial charge is 0.143 e. The van der Waals surface area contributed by atoms with Crippen LogP contribution in [-0.4, -0.2) is 51.1 Å². The van der Waals surface area contributed by atoms with Crippen LogP contribution in [0.4, 0.5) is 0 Å². The van der Waals surface area contributed by atoms with Crippen molar-refractivity contribution >= 4 is 5.78 Å². The Hall–Kier alpha value is -0.490. The van der Waals surface area contributed by atoms with Crippen molar-refractivity contribution in [2.45, 2.75) is 24.7 Å². The summed E-state index contributed by atoms with van der Waals surface area (Å²) < 4.78 is 0. The lowest BCUT2D eigenvalue weighted by molar-refractivity contribution is -0.153. The molecular weight excluding hydrogens is 164 g/mol. The van der Waals surface area contributed by atoms with Crippen molar-refractivity contribution in [2.75, 3.05) is 6.61 Å². The van der Waals surface area contributed by atoms with E-state index < -0.39 is 36.6 Å². The van der Waals surface area contributed by atoms with Crippen LogP contribution in [0.15, 0.2) is 0 Å². The van der Waals surface area contributed by atoms with Crippen molar-refractivity contribution in [3.05, 3.63) is 0 Å². The third-order valence-electron chi connectivity index (χ3n) is 2.18. The van der Waals surface area contributed by atoms with Gasteiger partial charge in [-0.15, -0.1) is 0 Å². The summed E-state index contributed by atoms with van der Waals surface area (Å²) in [7, 11) is 0. The van der Waals surface area contributed by atoms with Gasteiger partial charge < -0.3 is 20.4 Å². The molecule has 5 nitrogen and oxygen atoms in total. The first-order chi connectivity index (χ1) is 5.57. The molecule has 1 saturated carbocycles. The van der Waals surface area contributed by atoms with Gasteiger partial charge in [0, 0.05) is 6.42 Å². The molecule has 4 N–H and O–H groups in total. The summed E-state index contributed by atoms with van der Waals surface area (Å²) >= 11 is 0. The fourth-order valence-electron chi connectivity index (χ4n) is 1.34. The highest BCUT2D eigenvalue weighted by molar-refractivity contribution is 5.83. The van der Waals surface area contributed by atoms with Crippen molar-refractivity contribution in [1.29, 1.82) is 0 Å². The fraction of sp³-hybridized carbons (Fsp3) is 0.857. The monoisotopic (exact) mass is 176 g/mol. The largest absolute Gasteiger partial charge is 0.396 e. The Bertz CT molecular complexity index is 181. The molecule has 1 rings (SSSR count). The molecule has 0 aromatic carbocycles. The van der Waals surface area contributed by atoms with Crippen LogP contribution >= 0.6 is 0 Å². The molecule has 4 atom stereocenters. The topological polar surface area (TPSA) is 98.0 Å². The van der Waals surface area contributed by atoms with Crippen LogP contribution in [0.5, 0.6) is 0 Å². The number of hydrogen-bond acceptors (Lipinski definition) is 5. The molecule has 0 radical (unpaired) electrons. The molecule has 0 bridgehead atoms. The summed E-state index contributed by atoms with van der Waals surface area (Å²) in [5, 5.41) is 36.0. The van der Waals surface area contributed by atoms with Crippen molar-refractivity contribution in [2.24, 2.45) is 5.92 Å². The molecule has 70 valence electrons. The predicted octanol–water partition coefficient (Wildman–Crippen LogP) is -2.35. The number of ketones is 1. The van der Waals surface area contributed by atoms with E-state index in [1.54, 1.807) is 0 Å². The van der Waals surface area contributed by atoms with E-state index in [1.165, 1.54) is 0 Å². The maximum atomic E-state index is 11.0. The number of Topliss-reactive ketones (excluding diaryl/α,β-unsaturated/α-hetero) is 1. The van der Waals surface area contributed by atoms with Crippen LogP contribution in [0.2, 0.25) is 0 Å². The lowest BCUT2D eigenvalue weighted by atomic mass is 9.82. The molecule has 0 heterocycles. The number of rotatable bonds is 1. The summed E-state index contributed by atoms with van der Waals surface area (Å²) in [4.78, 5) is 11.0. The van der Waals surface area contributed by atoms with Crippen molar-refractivity contribution in [3.8, 4) is 0 Å². The van der Waals surface area contributed by atoms with Crippen LogP contribution in [-0.2, 0) is 4.79 Å². The number of carbonyl (C=O) groups excluding carboxylic acids is 1. The second-order valence-corrected chi connectivity index (χ2v) is 3.01. The summed E-state index contributed by atoms with van der Waals surface area (Å²) in [6.07, 6.45) is -4.11. The van der Waals surface area contributed by atoms with Gasteiger partial charge in [-0.1, -0.05) is 0 Å². The Balaban J connectivity index is 2.72. The van der Waals surface area contributed by atoms with Crippen LogP contribution in [0.1, 0.15) is 6.42 Å². The molecule has 12 heavy (non-hydrogen) atoms. The third-order valence-corrected chi connectivity index (χ3v) is 2.18. The van der Waals surface area contributed by atoms with E-state index in [1.807, 2.05) is 0 Å². The molecule has 1 aliphatic carbocycles. The fourth-order valence-corrected chi connectivity index (χ4v) is 1.34. The second-order valence-electron chi connectivity index (χ2n) is 3.01. The minimum Gasteiger partial charge on any atom is -0.396 e. The molecule has 1 fully saturated rings. The van der Waals surface area contributed by atoms with E-state index in [-0.39, 0.29) is 6.42 Å². The van der Waals surface area contributed by atoms with E-state index in [0.29, 0.717) is 0 Å². The number of aliphatic hydroxyl groups is 4. The average Bonchev–Trinajstić information content (AvgIpc) is 2.01. The van der Waals surface area contributed by atoms with Crippen LogP contribution < -0.4 is 0 Å². The molecular formula is C7H12O5. The van der Waals surface area contributed by atoms with Gasteiger partial charge in [0.25, 0.3) is 0 Å². The summed E-state index contributed by atoms with van der Waals surface area (Å²) in [6.45, 7) is -0.496. The molecule has 1 aliphatic rings. The Morgan fingerprint density at radius 1 is 1.25 bits per heavy atom. The summed E-state index contributed by atoms with van der Waals surface area (Å²) in [5.41, 5.74) is 0. The number of carbonyl (C=O) groups is 1. The predicted molar refractivity (Wildman–Crippen MR) is 38.2 cm³/mol. The molecule has 0 amide bonds. The second kappa shape index (κ2) is 3.49. The summed E-state index contributed by atoms with van der Waals surface area (Å²) in [5.74, 6) is -1.37. The molecule has 0 saturated heterocycles. The molecule has 5 heteroatoms. The van der Waals surface area contributed by atoms with Crippen molar-refractivity contribution in [1.82, 2.24) is 0 Å². The first-order valence-electron chi connectivity index (χ1n) is 3.75. The van der Waals surface area contributed by atoms with Crippen LogP contribution in [0, 0.1) is 5.92 Å². The van der Waals surface area contributed by atoms with E-state index in [2.05, 4.69) is 0 Å². The quantitative estimate of drug-likeness (QED) is 0.358. The summed E-state index contributed by atoms with van der Waals surface area (Å²) in [6, 6.07) is 0. The van der Waals surface area contributed by atoms with Crippen molar-refractivity contribution < 1.29 is 25.2 Å². The SMILES string of the molecule is O=C1CC(O)C(O)C(O)C1CO. The Morgan fingerprint density at radius 3 is 2.33 bits per heavy atom. The van der Waals surface area contributed by atoms with Gasteiger partial charge in [-0.05, 0) is 0 Å². The lowest BCUT2D eigenvalue weighted by Crippen LogP contribution is -2.52. The molecule has 4 unspecified atom stereocenters. The van der Waals surface area contributed by atoms with Gasteiger partial charge in [-0.25, -0.2) is 0 Å². The van der Waals surface area contributed by atoms with Gasteiger partial charge in [-0.2, -0.15) is 0 Å². The highest BCUT2D eigenvalue weighted by atomic mass is 16.4. The van der Waals surface area contributed by atoms with Crippen LogP contribution in [0.3, 0.4) is 0 Å². The Kier molecular flexibility index (Phi) is 2.79. The maximum absolute atomic E-state index is 11.0. The van der Waals surface area contributed by atoms with Gasteiger partial charge in [-0.3, -0.25) is 4.79 Å². The molecule has 0 aromatic rings. The van der Waals surface area contributed by atoms with Gasteiger partial charge in [0.15, 0.2) is 0 Å². The lowest BCUT2D eigenvalue weighted by Gasteiger charge is -2.32. The highest BCUT2D eigenvalue weighted by Gasteiger charge is 2.41. The standard InChI is InChI=1S/C7H12O5/c8-2-3-4(9)1-5(10)7(12)6(3)11/h3,5-8,10-12H,1-2H2. The van der Waals surface area contributed by atoms with Crippen molar-refractivity contribution in [3.63, 3.8) is 0 Å². The molecule has 0 spiro atoms. The zero-order valence-electron chi connectivity index (χ0n) is 6.42. The molecule has 0 aliphatic heterocycles.